The molecular formula is C9H10NO4S-. The van der Waals surface area contributed by atoms with Crippen LogP contribution in [-0.2, 0) is 16.1 Å². The Morgan fingerprint density at radius 3 is 2.53 bits per heavy atom. The maximum absolute atomic E-state index is 10.9. The standard InChI is InChI=1S/C9H11NO4S/c11-9(12)8(6-10-15(13)14)7-4-2-1-3-5-7/h1-5,8,10H,6H2,(H,11,12)(H,13,14)/p-1/t8-/m1/s1. The fourth-order valence-corrected chi connectivity index (χ4v) is 1.49. The van der Waals surface area contributed by atoms with Gasteiger partial charge >= 0.3 is 5.97 Å². The molecule has 0 amide bonds. The molecule has 1 unspecified atom stereocenters. The van der Waals surface area contributed by atoms with E-state index in [1.54, 1.807) is 30.3 Å². The summed E-state index contributed by atoms with van der Waals surface area (Å²) in [6, 6.07) is 8.48. The van der Waals surface area contributed by atoms with Crippen LogP contribution >= 0.6 is 0 Å². The fraction of sp³-hybridized carbons (Fsp3) is 0.222. The third kappa shape index (κ3) is 3.78. The van der Waals surface area contributed by atoms with Gasteiger partial charge in [0.2, 0.25) is 0 Å². The molecule has 0 aromatic heterocycles. The Morgan fingerprint density at radius 2 is 2.07 bits per heavy atom. The zero-order valence-electron chi connectivity index (χ0n) is 7.75. The summed E-state index contributed by atoms with van der Waals surface area (Å²) < 4.78 is 22.6. The van der Waals surface area contributed by atoms with Gasteiger partial charge in [0.05, 0.1) is 5.92 Å². The van der Waals surface area contributed by atoms with Gasteiger partial charge in [0.25, 0.3) is 0 Å². The zero-order chi connectivity index (χ0) is 11.3. The van der Waals surface area contributed by atoms with Crippen LogP contribution < -0.4 is 4.72 Å². The normalized spacial score (nSPS) is 14.5. The molecule has 1 rings (SSSR count). The lowest BCUT2D eigenvalue weighted by atomic mass is 10.00. The molecule has 0 bridgehead atoms. The average Bonchev–Trinajstić information content (AvgIpc) is 2.18. The lowest BCUT2D eigenvalue weighted by Gasteiger charge is -2.14. The maximum atomic E-state index is 10.9. The number of carboxylic acid groups (broad SMARTS) is 1. The first-order chi connectivity index (χ1) is 7.11. The topological polar surface area (TPSA) is 89.5 Å². The van der Waals surface area contributed by atoms with Gasteiger partial charge in [0, 0.05) is 17.8 Å². The van der Waals surface area contributed by atoms with Crippen molar-refractivity contribution in [3.05, 3.63) is 35.9 Å². The predicted octanol–water partition coefficient (Wildman–Crippen LogP) is 0.238. The third-order valence-corrected chi connectivity index (χ3v) is 2.31. The van der Waals surface area contributed by atoms with E-state index in [2.05, 4.69) is 4.72 Å². The molecule has 0 aliphatic rings. The van der Waals surface area contributed by atoms with E-state index in [4.69, 9.17) is 5.11 Å². The van der Waals surface area contributed by atoms with E-state index in [9.17, 15) is 13.6 Å². The van der Waals surface area contributed by atoms with E-state index in [0.717, 1.165) is 0 Å². The number of nitrogens with one attached hydrogen (secondary N) is 1. The van der Waals surface area contributed by atoms with E-state index < -0.39 is 23.2 Å². The SMILES string of the molecule is O=C(O)[C@H](CNS(=O)[O-])c1ccccc1. The monoisotopic (exact) mass is 228 g/mol. The van der Waals surface area contributed by atoms with Crippen molar-refractivity contribution < 1.29 is 18.7 Å². The smallest absolute Gasteiger partial charge is 0.312 e. The van der Waals surface area contributed by atoms with Gasteiger partial charge in [-0.2, -0.15) is 0 Å². The van der Waals surface area contributed by atoms with Crippen molar-refractivity contribution in [2.45, 2.75) is 5.92 Å². The molecule has 2 atom stereocenters. The van der Waals surface area contributed by atoms with Crippen molar-refractivity contribution in [1.29, 1.82) is 0 Å². The van der Waals surface area contributed by atoms with Crippen LogP contribution in [0, 0.1) is 0 Å². The second kappa shape index (κ2) is 5.59. The molecule has 1 aromatic rings. The lowest BCUT2D eigenvalue weighted by Crippen LogP contribution is -2.28. The summed E-state index contributed by atoms with van der Waals surface area (Å²) >= 11 is -2.44. The molecule has 0 spiro atoms. The molecule has 0 fully saturated rings. The van der Waals surface area contributed by atoms with Crippen LogP contribution in [0.3, 0.4) is 0 Å². The van der Waals surface area contributed by atoms with E-state index >= 15 is 0 Å². The molecular weight excluding hydrogens is 218 g/mol. The van der Waals surface area contributed by atoms with Crippen LogP contribution in [0.4, 0.5) is 0 Å². The highest BCUT2D eigenvalue weighted by molar-refractivity contribution is 7.77. The van der Waals surface area contributed by atoms with Crippen LogP contribution in [0.25, 0.3) is 0 Å². The Hall–Kier alpha value is -1.24. The fourth-order valence-electron chi connectivity index (χ4n) is 1.18. The van der Waals surface area contributed by atoms with E-state index in [1.165, 1.54) is 0 Å². The minimum absolute atomic E-state index is 0.143. The van der Waals surface area contributed by atoms with Crippen molar-refractivity contribution >= 4 is 17.2 Å². The van der Waals surface area contributed by atoms with Crippen molar-refractivity contribution in [2.75, 3.05) is 6.54 Å². The number of carboxylic acids is 1. The van der Waals surface area contributed by atoms with E-state index in [0.29, 0.717) is 5.56 Å². The molecule has 82 valence electrons. The molecule has 1 aromatic carbocycles. The van der Waals surface area contributed by atoms with Crippen LogP contribution in [-0.4, -0.2) is 26.4 Å². The molecule has 0 aliphatic carbocycles. The van der Waals surface area contributed by atoms with Crippen molar-refractivity contribution in [3.63, 3.8) is 0 Å². The second-order valence-electron chi connectivity index (χ2n) is 2.88. The molecule has 2 N–H and O–H groups in total. The third-order valence-electron chi connectivity index (χ3n) is 1.91. The number of benzene rings is 1. The number of hydrogen-bond donors (Lipinski definition) is 2. The van der Waals surface area contributed by atoms with Gasteiger partial charge in [-0.25, -0.2) is 4.72 Å². The summed E-state index contributed by atoms with van der Waals surface area (Å²) in [6.07, 6.45) is 0. The summed E-state index contributed by atoms with van der Waals surface area (Å²) in [5.74, 6) is -1.91. The van der Waals surface area contributed by atoms with Gasteiger partial charge in [-0.05, 0) is 5.56 Å². The van der Waals surface area contributed by atoms with Gasteiger partial charge in [-0.15, -0.1) is 0 Å². The predicted molar refractivity (Wildman–Crippen MR) is 53.7 cm³/mol. The van der Waals surface area contributed by atoms with Crippen LogP contribution in [0.2, 0.25) is 0 Å². The van der Waals surface area contributed by atoms with Crippen LogP contribution in [0.5, 0.6) is 0 Å². The summed E-state index contributed by atoms with van der Waals surface area (Å²) in [4.78, 5) is 10.9. The lowest BCUT2D eigenvalue weighted by molar-refractivity contribution is -0.138. The number of hydrogen-bond acceptors (Lipinski definition) is 3. The first kappa shape index (κ1) is 11.8. The van der Waals surface area contributed by atoms with Crippen molar-refractivity contribution in [3.8, 4) is 0 Å². The van der Waals surface area contributed by atoms with E-state index in [-0.39, 0.29) is 6.54 Å². The second-order valence-corrected chi connectivity index (χ2v) is 3.64. The first-order valence-corrected chi connectivity index (χ1v) is 5.29. The average molecular weight is 228 g/mol. The highest BCUT2D eigenvalue weighted by Crippen LogP contribution is 2.14. The Bertz CT molecular complexity index is 354. The molecule has 15 heavy (non-hydrogen) atoms. The molecule has 0 saturated heterocycles. The van der Waals surface area contributed by atoms with Gasteiger partial charge < -0.3 is 9.66 Å². The van der Waals surface area contributed by atoms with Gasteiger partial charge in [-0.1, -0.05) is 30.3 Å². The minimum Gasteiger partial charge on any atom is -0.760 e. The summed E-state index contributed by atoms with van der Waals surface area (Å²) in [5, 5.41) is 8.90. The largest absolute Gasteiger partial charge is 0.760 e. The molecule has 0 saturated carbocycles. The first-order valence-electron chi connectivity index (χ1n) is 4.22. The highest BCUT2D eigenvalue weighted by atomic mass is 32.2. The van der Waals surface area contributed by atoms with Gasteiger partial charge in [0.1, 0.15) is 0 Å². The number of aliphatic carboxylic acids is 1. The molecule has 0 heterocycles. The highest BCUT2D eigenvalue weighted by Gasteiger charge is 2.18. The Labute approximate surface area is 89.5 Å². The summed E-state index contributed by atoms with van der Waals surface area (Å²) in [5.41, 5.74) is 0.572. The quantitative estimate of drug-likeness (QED) is 0.706. The minimum atomic E-state index is -2.44. The van der Waals surface area contributed by atoms with Crippen molar-refractivity contribution in [2.24, 2.45) is 0 Å². The zero-order valence-corrected chi connectivity index (χ0v) is 8.57. The Balaban J connectivity index is 2.75. The molecule has 5 nitrogen and oxygen atoms in total. The Morgan fingerprint density at radius 1 is 1.47 bits per heavy atom. The molecule has 0 radical (unpaired) electrons. The summed E-state index contributed by atoms with van der Waals surface area (Å²) in [6.45, 7) is -0.143. The maximum Gasteiger partial charge on any atom is 0.312 e. The van der Waals surface area contributed by atoms with Crippen LogP contribution in [0.15, 0.2) is 30.3 Å². The van der Waals surface area contributed by atoms with Crippen LogP contribution in [0.1, 0.15) is 11.5 Å². The molecule has 0 aliphatic heterocycles. The molecule has 6 heteroatoms. The number of rotatable bonds is 5. The Kier molecular flexibility index (Phi) is 4.41. The van der Waals surface area contributed by atoms with Gasteiger partial charge in [0.15, 0.2) is 0 Å². The van der Waals surface area contributed by atoms with E-state index in [1.807, 2.05) is 0 Å². The summed E-state index contributed by atoms with van der Waals surface area (Å²) in [7, 11) is 0. The number of carbonyl (C=O) groups is 1. The van der Waals surface area contributed by atoms with Crippen molar-refractivity contribution in [1.82, 2.24) is 4.72 Å². The van der Waals surface area contributed by atoms with Gasteiger partial charge in [-0.3, -0.25) is 9.00 Å².